The summed E-state index contributed by atoms with van der Waals surface area (Å²) >= 11 is 0. The number of nitrogens with two attached hydrogens (primary N) is 1. The Morgan fingerprint density at radius 2 is 1.93 bits per heavy atom. The predicted octanol–water partition coefficient (Wildman–Crippen LogP) is 3.98. The summed E-state index contributed by atoms with van der Waals surface area (Å²) in [6.45, 7) is 5.73. The van der Waals surface area contributed by atoms with Crippen molar-refractivity contribution in [3.63, 3.8) is 0 Å². The van der Waals surface area contributed by atoms with Crippen molar-refractivity contribution in [3.8, 4) is 0 Å². The second-order valence-corrected chi connectivity index (χ2v) is 9.90. The summed E-state index contributed by atoms with van der Waals surface area (Å²) in [6, 6.07) is 0. The van der Waals surface area contributed by atoms with Gasteiger partial charge in [-0.2, -0.15) is 0 Å². The normalized spacial score (nSPS) is 46.4. The van der Waals surface area contributed by atoms with Crippen LogP contribution < -0.4 is 5.73 Å². The van der Waals surface area contributed by atoms with Crippen LogP contribution in [0.1, 0.15) is 65.2 Å². The zero-order valence-corrected chi connectivity index (χ0v) is 18.4. The minimum Gasteiger partial charge on any atom is -0.395 e. The highest BCUT2D eigenvalue weighted by Gasteiger charge is 2.62. The maximum Gasteiger partial charge on any atom is 0.139 e. The Labute approximate surface area is 175 Å². The fraction of sp³-hybridized carbons (Fsp3) is 0.909. The summed E-state index contributed by atoms with van der Waals surface area (Å²) < 4.78 is 6.06. The number of oxime groups is 1. The number of methoxy groups -OCH3 is 1. The number of nitrogens with zero attached hydrogens (tertiary/aromatic N) is 1. The lowest BCUT2D eigenvalue weighted by atomic mass is 9.44. The van der Waals surface area contributed by atoms with E-state index >= 15 is 0 Å². The Balaban J connectivity index is 0.00000225. The molecule has 0 radical (unpaired) electrons. The van der Waals surface area contributed by atoms with Crippen molar-refractivity contribution in [2.24, 2.45) is 45.4 Å². The van der Waals surface area contributed by atoms with Crippen molar-refractivity contribution in [1.29, 1.82) is 0 Å². The molecule has 0 amide bonds. The van der Waals surface area contributed by atoms with Gasteiger partial charge in [0.2, 0.25) is 0 Å². The zero-order chi connectivity index (χ0) is 19.2. The Kier molecular flexibility index (Phi) is 6.48. The highest BCUT2D eigenvalue weighted by atomic mass is 35.5. The number of carbonyl (C=O) groups is 1. The first-order chi connectivity index (χ1) is 12.9. The summed E-state index contributed by atoms with van der Waals surface area (Å²) in [5, 5.41) is 4.38. The van der Waals surface area contributed by atoms with Crippen LogP contribution in [0.4, 0.5) is 0 Å². The summed E-state index contributed by atoms with van der Waals surface area (Å²) in [5.41, 5.74) is 6.89. The molecule has 5 nitrogen and oxygen atoms in total. The molecule has 0 aromatic carbocycles. The lowest BCUT2D eigenvalue weighted by Crippen LogP contribution is -2.58. The van der Waals surface area contributed by atoms with Crippen LogP contribution in [0.15, 0.2) is 5.16 Å². The smallest absolute Gasteiger partial charge is 0.139 e. The van der Waals surface area contributed by atoms with Crippen LogP contribution in [-0.4, -0.2) is 37.9 Å². The second kappa shape index (κ2) is 8.23. The van der Waals surface area contributed by atoms with E-state index in [-0.39, 0.29) is 29.3 Å². The van der Waals surface area contributed by atoms with E-state index in [0.29, 0.717) is 42.6 Å². The molecule has 0 bridgehead atoms. The van der Waals surface area contributed by atoms with Crippen molar-refractivity contribution < 1.29 is 14.4 Å². The summed E-state index contributed by atoms with van der Waals surface area (Å²) in [5.74, 6) is 2.92. The van der Waals surface area contributed by atoms with Gasteiger partial charge in [0.25, 0.3) is 0 Å². The first-order valence-electron chi connectivity index (χ1n) is 10.9. The number of carbonyl (C=O) groups excluding carboxylic acids is 1. The third-order valence-corrected chi connectivity index (χ3v) is 8.91. The molecule has 0 saturated heterocycles. The Morgan fingerprint density at radius 3 is 2.64 bits per heavy atom. The van der Waals surface area contributed by atoms with E-state index < -0.39 is 0 Å². The maximum absolute atomic E-state index is 12.6. The zero-order valence-electron chi connectivity index (χ0n) is 17.6. The highest BCUT2D eigenvalue weighted by molar-refractivity contribution is 5.87. The van der Waals surface area contributed by atoms with Crippen LogP contribution in [-0.2, 0) is 14.4 Å². The molecule has 28 heavy (non-hydrogen) atoms. The molecule has 0 aromatic heterocycles. The topological polar surface area (TPSA) is 73.9 Å². The molecule has 0 aliphatic heterocycles. The number of ether oxygens (including phenoxy) is 1. The molecule has 0 heterocycles. The van der Waals surface area contributed by atoms with E-state index in [1.165, 1.54) is 12.1 Å². The van der Waals surface area contributed by atoms with Crippen molar-refractivity contribution in [2.75, 3.05) is 20.3 Å². The van der Waals surface area contributed by atoms with Gasteiger partial charge in [0.05, 0.1) is 11.8 Å². The van der Waals surface area contributed by atoms with E-state index in [1.807, 2.05) is 7.11 Å². The molecule has 4 fully saturated rings. The maximum atomic E-state index is 12.6. The monoisotopic (exact) mass is 412 g/mol. The van der Waals surface area contributed by atoms with Gasteiger partial charge in [0.15, 0.2) is 0 Å². The molecule has 7 atom stereocenters. The number of halogens is 1. The van der Waals surface area contributed by atoms with E-state index in [9.17, 15) is 4.79 Å². The van der Waals surface area contributed by atoms with Gasteiger partial charge in [0.1, 0.15) is 12.4 Å². The van der Waals surface area contributed by atoms with Crippen LogP contribution in [0, 0.1) is 34.5 Å². The molecular weight excluding hydrogens is 376 g/mol. The average molecular weight is 413 g/mol. The Bertz CT molecular complexity index is 627. The van der Waals surface area contributed by atoms with Gasteiger partial charge in [-0.15, -0.1) is 12.4 Å². The number of hydrogen-bond acceptors (Lipinski definition) is 5. The van der Waals surface area contributed by atoms with Crippen LogP contribution in [0.5, 0.6) is 0 Å². The van der Waals surface area contributed by atoms with Crippen LogP contribution >= 0.6 is 12.4 Å². The fourth-order valence-electron chi connectivity index (χ4n) is 7.38. The van der Waals surface area contributed by atoms with E-state index in [4.69, 9.17) is 15.3 Å². The molecule has 4 aliphatic carbocycles. The van der Waals surface area contributed by atoms with Gasteiger partial charge in [-0.05, 0) is 74.0 Å². The van der Waals surface area contributed by atoms with E-state index in [0.717, 1.165) is 44.9 Å². The lowest BCUT2D eigenvalue weighted by molar-refractivity contribution is -0.158. The van der Waals surface area contributed by atoms with Crippen molar-refractivity contribution in [2.45, 2.75) is 71.3 Å². The van der Waals surface area contributed by atoms with Gasteiger partial charge < -0.3 is 15.3 Å². The standard InChI is InChI=1S/C22H36N2O3.ClH/c1-21-8-6-14(24-27-11-10-23)12-18(21)19(26-3)13-15-16-4-5-20(25)22(16,2)9-7-17(15)21;/h15-19H,4-13,23H2,1-3H3;1H/b24-14+;/t15-,16-,17-,18+,19+,21+,22-;/m0./s1. The van der Waals surface area contributed by atoms with Crippen molar-refractivity contribution in [1.82, 2.24) is 0 Å². The molecule has 0 aromatic rings. The molecular formula is C22H37ClN2O3. The van der Waals surface area contributed by atoms with Gasteiger partial charge >= 0.3 is 0 Å². The van der Waals surface area contributed by atoms with Crippen molar-refractivity contribution in [3.05, 3.63) is 0 Å². The second-order valence-electron chi connectivity index (χ2n) is 9.90. The molecule has 6 heteroatoms. The minimum absolute atomic E-state index is 0. The molecule has 4 saturated carbocycles. The fourth-order valence-corrected chi connectivity index (χ4v) is 7.38. The first kappa shape index (κ1) is 22.0. The summed E-state index contributed by atoms with van der Waals surface area (Å²) in [4.78, 5) is 18.0. The number of fused-ring (bicyclic) bond motifs is 5. The van der Waals surface area contributed by atoms with Crippen LogP contribution in [0.3, 0.4) is 0 Å². The summed E-state index contributed by atoms with van der Waals surface area (Å²) in [7, 11) is 1.86. The third kappa shape index (κ3) is 3.31. The summed E-state index contributed by atoms with van der Waals surface area (Å²) in [6.07, 6.45) is 8.66. The molecule has 160 valence electrons. The number of hydrogen-bond donors (Lipinski definition) is 1. The Hall–Kier alpha value is -0.650. The largest absolute Gasteiger partial charge is 0.395 e. The lowest BCUT2D eigenvalue weighted by Gasteiger charge is -2.61. The quantitative estimate of drug-likeness (QED) is 0.559. The number of Topliss-reactive ketones (excluding diaryl/α,β-unsaturated/α-hetero) is 1. The first-order valence-corrected chi connectivity index (χ1v) is 10.9. The van der Waals surface area contributed by atoms with Gasteiger partial charge in [-0.1, -0.05) is 19.0 Å². The van der Waals surface area contributed by atoms with E-state index in [1.54, 1.807) is 0 Å². The molecule has 0 unspecified atom stereocenters. The minimum atomic E-state index is -0.0694. The van der Waals surface area contributed by atoms with E-state index in [2.05, 4.69) is 19.0 Å². The van der Waals surface area contributed by atoms with Crippen molar-refractivity contribution >= 4 is 23.9 Å². The average Bonchev–Trinajstić information content (AvgIpc) is 2.96. The van der Waals surface area contributed by atoms with Gasteiger partial charge in [-0.25, -0.2) is 0 Å². The SMILES string of the molecule is CO[C@@H]1C[C@@H]2[C@H](CC[C@]3(C)C(=O)CC[C@@H]23)[C@@]2(C)CC/C(=N\OCCN)C[C@H]12.Cl. The molecule has 4 rings (SSSR count). The highest BCUT2D eigenvalue weighted by Crippen LogP contribution is 2.65. The molecule has 2 N–H and O–H groups in total. The number of ketones is 1. The molecule has 4 aliphatic rings. The van der Waals surface area contributed by atoms with Crippen LogP contribution in [0.25, 0.3) is 0 Å². The number of rotatable bonds is 4. The molecule has 0 spiro atoms. The van der Waals surface area contributed by atoms with Gasteiger partial charge in [-0.3, -0.25) is 4.79 Å². The van der Waals surface area contributed by atoms with Gasteiger partial charge in [0, 0.05) is 25.5 Å². The van der Waals surface area contributed by atoms with Crippen LogP contribution in [0.2, 0.25) is 0 Å². The predicted molar refractivity (Wildman–Crippen MR) is 113 cm³/mol. The Morgan fingerprint density at radius 1 is 1.14 bits per heavy atom. The third-order valence-electron chi connectivity index (χ3n) is 8.91.